The number of thiophene rings is 1. The zero-order valence-electron chi connectivity index (χ0n) is 8.81. The van der Waals surface area contributed by atoms with Gasteiger partial charge in [0.15, 0.2) is 5.78 Å². The SMILES string of the molecule is Cc1ccc(C(=O)C(Cl)c2ccccc2)s1. The summed E-state index contributed by atoms with van der Waals surface area (Å²) in [6.45, 7) is 1.98. The third kappa shape index (κ3) is 2.34. The molecule has 3 heteroatoms. The van der Waals surface area contributed by atoms with Gasteiger partial charge in [-0.1, -0.05) is 30.3 Å². The fourth-order valence-corrected chi connectivity index (χ4v) is 2.63. The molecular weight excluding hydrogens is 240 g/mol. The van der Waals surface area contributed by atoms with Gasteiger partial charge < -0.3 is 0 Å². The summed E-state index contributed by atoms with van der Waals surface area (Å²) in [4.78, 5) is 13.9. The van der Waals surface area contributed by atoms with Crippen LogP contribution < -0.4 is 0 Å². The Morgan fingerprint density at radius 2 is 1.88 bits per heavy atom. The summed E-state index contributed by atoms with van der Waals surface area (Å²) in [7, 11) is 0. The van der Waals surface area contributed by atoms with Gasteiger partial charge in [0.25, 0.3) is 0 Å². The minimum atomic E-state index is -0.584. The standard InChI is InChI=1S/C13H11ClOS/c1-9-7-8-11(16-9)13(15)12(14)10-5-3-2-4-6-10/h2-8,12H,1H3. The van der Waals surface area contributed by atoms with Crippen molar-refractivity contribution in [3.63, 3.8) is 0 Å². The highest BCUT2D eigenvalue weighted by atomic mass is 35.5. The first kappa shape index (κ1) is 11.4. The number of aryl methyl sites for hydroxylation is 1. The van der Waals surface area contributed by atoms with Crippen molar-refractivity contribution >= 4 is 28.7 Å². The number of hydrogen-bond donors (Lipinski definition) is 0. The summed E-state index contributed by atoms with van der Waals surface area (Å²) < 4.78 is 0. The van der Waals surface area contributed by atoms with Crippen molar-refractivity contribution in [3.05, 3.63) is 57.8 Å². The Hall–Kier alpha value is -1.12. The molecule has 0 saturated heterocycles. The molecule has 1 heterocycles. The van der Waals surface area contributed by atoms with Crippen molar-refractivity contribution in [3.8, 4) is 0 Å². The van der Waals surface area contributed by atoms with Gasteiger partial charge in [0, 0.05) is 4.88 Å². The van der Waals surface area contributed by atoms with Gasteiger partial charge in [-0.15, -0.1) is 22.9 Å². The molecule has 0 spiro atoms. The maximum absolute atomic E-state index is 12.0. The van der Waals surface area contributed by atoms with Crippen LogP contribution in [-0.4, -0.2) is 5.78 Å². The first-order chi connectivity index (χ1) is 7.68. The molecule has 16 heavy (non-hydrogen) atoms. The number of carbonyl (C=O) groups excluding carboxylic acids is 1. The number of hydrogen-bond acceptors (Lipinski definition) is 2. The van der Waals surface area contributed by atoms with Crippen LogP contribution in [-0.2, 0) is 0 Å². The normalized spacial score (nSPS) is 12.4. The average molecular weight is 251 g/mol. The Labute approximate surface area is 104 Å². The van der Waals surface area contributed by atoms with Gasteiger partial charge in [-0.3, -0.25) is 4.79 Å². The molecule has 1 aromatic carbocycles. The van der Waals surface area contributed by atoms with E-state index in [0.717, 1.165) is 15.3 Å². The van der Waals surface area contributed by atoms with Crippen LogP contribution in [0.4, 0.5) is 0 Å². The van der Waals surface area contributed by atoms with Gasteiger partial charge in [0.2, 0.25) is 0 Å². The molecular formula is C13H11ClOS. The van der Waals surface area contributed by atoms with E-state index in [1.807, 2.05) is 49.4 Å². The Morgan fingerprint density at radius 1 is 1.19 bits per heavy atom. The number of halogens is 1. The molecule has 0 aliphatic heterocycles. The lowest BCUT2D eigenvalue weighted by molar-refractivity contribution is 0.0991. The Kier molecular flexibility index (Phi) is 3.42. The Morgan fingerprint density at radius 3 is 2.44 bits per heavy atom. The molecule has 0 aliphatic carbocycles. The largest absolute Gasteiger partial charge is 0.291 e. The van der Waals surface area contributed by atoms with Crippen LogP contribution in [0.25, 0.3) is 0 Å². The first-order valence-corrected chi connectivity index (χ1v) is 6.23. The van der Waals surface area contributed by atoms with Gasteiger partial charge >= 0.3 is 0 Å². The monoisotopic (exact) mass is 250 g/mol. The van der Waals surface area contributed by atoms with E-state index in [0.29, 0.717) is 0 Å². The van der Waals surface area contributed by atoms with Crippen LogP contribution in [0.5, 0.6) is 0 Å². The lowest BCUT2D eigenvalue weighted by Crippen LogP contribution is -2.05. The molecule has 0 N–H and O–H groups in total. The maximum atomic E-state index is 12.0. The number of Topliss-reactive ketones (excluding diaryl/α,β-unsaturated/α-hetero) is 1. The van der Waals surface area contributed by atoms with Gasteiger partial charge in [0.05, 0.1) is 4.88 Å². The summed E-state index contributed by atoms with van der Waals surface area (Å²) >= 11 is 7.64. The molecule has 1 atom stereocenters. The molecule has 2 aromatic rings. The van der Waals surface area contributed by atoms with Crippen molar-refractivity contribution in [2.45, 2.75) is 12.3 Å². The Balaban J connectivity index is 2.23. The lowest BCUT2D eigenvalue weighted by Gasteiger charge is -2.06. The smallest absolute Gasteiger partial charge is 0.195 e. The molecule has 0 aliphatic rings. The molecule has 1 nitrogen and oxygen atoms in total. The summed E-state index contributed by atoms with van der Waals surface area (Å²) in [6, 6.07) is 13.2. The van der Waals surface area contributed by atoms with E-state index in [2.05, 4.69) is 0 Å². The average Bonchev–Trinajstić information content (AvgIpc) is 2.75. The van der Waals surface area contributed by atoms with E-state index in [1.165, 1.54) is 11.3 Å². The highest BCUT2D eigenvalue weighted by Crippen LogP contribution is 2.27. The number of ketones is 1. The molecule has 0 saturated carbocycles. The summed E-state index contributed by atoms with van der Waals surface area (Å²) in [5.41, 5.74) is 0.847. The number of alkyl halides is 1. The van der Waals surface area contributed by atoms with Crippen molar-refractivity contribution in [1.82, 2.24) is 0 Å². The minimum Gasteiger partial charge on any atom is -0.291 e. The van der Waals surface area contributed by atoms with Crippen LogP contribution in [0.1, 0.15) is 25.5 Å². The second-order valence-electron chi connectivity index (χ2n) is 3.55. The predicted octanol–water partition coefficient (Wildman–Crippen LogP) is 4.22. The van der Waals surface area contributed by atoms with Crippen LogP contribution in [0.15, 0.2) is 42.5 Å². The predicted molar refractivity (Wildman–Crippen MR) is 68.4 cm³/mol. The van der Waals surface area contributed by atoms with E-state index in [4.69, 9.17) is 11.6 Å². The first-order valence-electron chi connectivity index (χ1n) is 4.98. The molecule has 0 radical (unpaired) electrons. The van der Waals surface area contributed by atoms with Crippen molar-refractivity contribution in [2.75, 3.05) is 0 Å². The van der Waals surface area contributed by atoms with Gasteiger partial charge in [-0.25, -0.2) is 0 Å². The Bertz CT molecular complexity index is 490. The molecule has 0 fully saturated rings. The number of carbonyl (C=O) groups is 1. The lowest BCUT2D eigenvalue weighted by atomic mass is 10.1. The summed E-state index contributed by atoms with van der Waals surface area (Å²) in [6.07, 6.45) is 0. The fraction of sp³-hybridized carbons (Fsp3) is 0.154. The van der Waals surface area contributed by atoms with Crippen molar-refractivity contribution in [2.24, 2.45) is 0 Å². The van der Waals surface area contributed by atoms with Crippen LogP contribution >= 0.6 is 22.9 Å². The van der Waals surface area contributed by atoms with Crippen LogP contribution in [0.2, 0.25) is 0 Å². The van der Waals surface area contributed by atoms with Gasteiger partial charge in [-0.05, 0) is 24.6 Å². The molecule has 82 valence electrons. The maximum Gasteiger partial charge on any atom is 0.195 e. The highest BCUT2D eigenvalue weighted by molar-refractivity contribution is 7.14. The zero-order chi connectivity index (χ0) is 11.5. The number of benzene rings is 1. The van der Waals surface area contributed by atoms with E-state index < -0.39 is 5.38 Å². The van der Waals surface area contributed by atoms with Crippen LogP contribution in [0.3, 0.4) is 0 Å². The molecule has 1 aromatic heterocycles. The van der Waals surface area contributed by atoms with Gasteiger partial charge in [0.1, 0.15) is 5.38 Å². The van der Waals surface area contributed by atoms with Crippen molar-refractivity contribution < 1.29 is 4.79 Å². The van der Waals surface area contributed by atoms with E-state index in [9.17, 15) is 4.79 Å². The van der Waals surface area contributed by atoms with E-state index in [1.54, 1.807) is 0 Å². The topological polar surface area (TPSA) is 17.1 Å². The third-order valence-electron chi connectivity index (χ3n) is 2.31. The minimum absolute atomic E-state index is 0.0223. The second-order valence-corrected chi connectivity index (χ2v) is 5.27. The summed E-state index contributed by atoms with van der Waals surface area (Å²) in [5.74, 6) is -0.0223. The number of rotatable bonds is 3. The van der Waals surface area contributed by atoms with Crippen molar-refractivity contribution in [1.29, 1.82) is 0 Å². The van der Waals surface area contributed by atoms with E-state index in [-0.39, 0.29) is 5.78 Å². The fourth-order valence-electron chi connectivity index (χ4n) is 1.47. The third-order valence-corrected chi connectivity index (χ3v) is 3.77. The molecule has 0 bridgehead atoms. The highest BCUT2D eigenvalue weighted by Gasteiger charge is 2.20. The van der Waals surface area contributed by atoms with Crippen LogP contribution in [0, 0.1) is 6.92 Å². The summed E-state index contributed by atoms with van der Waals surface area (Å²) in [5, 5.41) is -0.584. The molecule has 0 amide bonds. The molecule has 1 unspecified atom stereocenters. The van der Waals surface area contributed by atoms with E-state index >= 15 is 0 Å². The quantitative estimate of drug-likeness (QED) is 0.589. The zero-order valence-corrected chi connectivity index (χ0v) is 10.4. The van der Waals surface area contributed by atoms with Gasteiger partial charge in [-0.2, -0.15) is 0 Å². The molecule has 2 rings (SSSR count). The second kappa shape index (κ2) is 4.81.